The molecule has 1 saturated heterocycles. The molecule has 1 aliphatic heterocycles. The molecule has 3 heterocycles. The molecule has 0 spiro atoms. The molecule has 0 atom stereocenters. The van der Waals surface area contributed by atoms with Gasteiger partial charge in [-0.3, -0.25) is 4.98 Å². The molecule has 1 aromatic carbocycles. The van der Waals surface area contributed by atoms with Crippen LogP contribution in [0.4, 0.5) is 27.8 Å². The number of rotatable bonds is 4. The van der Waals surface area contributed by atoms with Crippen molar-refractivity contribution in [3.63, 3.8) is 0 Å². The lowest BCUT2D eigenvalue weighted by atomic mass is 10.2. The lowest BCUT2D eigenvalue weighted by Gasteiger charge is -2.35. The number of fused-ring (bicyclic) bond motifs is 1. The van der Waals surface area contributed by atoms with Crippen molar-refractivity contribution in [2.24, 2.45) is 0 Å². The summed E-state index contributed by atoms with van der Waals surface area (Å²) < 4.78 is 5.07. The number of carbonyl (C=O) groups excluding carboxylic acids is 1. The van der Waals surface area contributed by atoms with Crippen molar-refractivity contribution in [2.75, 3.05) is 48.7 Å². The second kappa shape index (κ2) is 8.17. The van der Waals surface area contributed by atoms with Gasteiger partial charge in [0.25, 0.3) is 0 Å². The number of nitrogen functional groups attached to an aromatic ring is 1. The van der Waals surface area contributed by atoms with Crippen molar-refractivity contribution in [1.29, 1.82) is 0 Å². The van der Waals surface area contributed by atoms with Gasteiger partial charge in [0.1, 0.15) is 12.0 Å². The smallest absolute Gasteiger partial charge is 0.409 e. The molecule has 0 bridgehead atoms. The molecule has 1 fully saturated rings. The number of ether oxygens (including phenoxy) is 1. The Morgan fingerprint density at radius 1 is 1.14 bits per heavy atom. The first-order chi connectivity index (χ1) is 14.2. The van der Waals surface area contributed by atoms with E-state index < -0.39 is 0 Å². The zero-order chi connectivity index (χ0) is 20.2. The van der Waals surface area contributed by atoms with Gasteiger partial charge in [0.15, 0.2) is 11.6 Å². The van der Waals surface area contributed by atoms with Crippen molar-refractivity contribution >= 4 is 40.0 Å². The minimum Gasteiger partial charge on any atom is -0.450 e. The maximum absolute atomic E-state index is 11.9. The summed E-state index contributed by atoms with van der Waals surface area (Å²) in [6, 6.07) is 9.81. The molecule has 3 aromatic rings. The Balaban J connectivity index is 1.53. The normalized spacial score (nSPS) is 14.1. The summed E-state index contributed by atoms with van der Waals surface area (Å²) in [6.07, 6.45) is 2.96. The number of nitrogens with one attached hydrogen (secondary N) is 1. The van der Waals surface area contributed by atoms with Crippen molar-refractivity contribution in [2.45, 2.75) is 6.92 Å². The van der Waals surface area contributed by atoms with Crippen molar-refractivity contribution in [1.82, 2.24) is 19.9 Å². The number of anilines is 4. The Morgan fingerprint density at radius 3 is 2.72 bits per heavy atom. The zero-order valence-corrected chi connectivity index (χ0v) is 16.2. The van der Waals surface area contributed by atoms with E-state index in [1.807, 2.05) is 30.3 Å². The van der Waals surface area contributed by atoms with Crippen LogP contribution in [0.1, 0.15) is 6.92 Å². The highest BCUT2D eigenvalue weighted by Gasteiger charge is 2.24. The maximum Gasteiger partial charge on any atom is 0.409 e. The van der Waals surface area contributed by atoms with Crippen molar-refractivity contribution < 1.29 is 9.53 Å². The highest BCUT2D eigenvalue weighted by atomic mass is 16.6. The van der Waals surface area contributed by atoms with Crippen LogP contribution in [-0.2, 0) is 4.74 Å². The van der Waals surface area contributed by atoms with Gasteiger partial charge in [0.05, 0.1) is 17.8 Å². The highest BCUT2D eigenvalue weighted by molar-refractivity contribution is 5.93. The van der Waals surface area contributed by atoms with Gasteiger partial charge in [0.2, 0.25) is 0 Å². The first-order valence-electron chi connectivity index (χ1n) is 9.55. The number of piperazine rings is 1. The van der Waals surface area contributed by atoms with Gasteiger partial charge in [-0.2, -0.15) is 0 Å². The number of benzene rings is 1. The summed E-state index contributed by atoms with van der Waals surface area (Å²) in [6.45, 7) is 4.52. The Bertz CT molecular complexity index is 1010. The van der Waals surface area contributed by atoms with Crippen LogP contribution in [0.25, 0.3) is 10.9 Å². The maximum atomic E-state index is 11.9. The second-order valence-electron chi connectivity index (χ2n) is 6.64. The molecule has 4 rings (SSSR count). The highest BCUT2D eigenvalue weighted by Crippen LogP contribution is 2.31. The predicted molar refractivity (Wildman–Crippen MR) is 112 cm³/mol. The van der Waals surface area contributed by atoms with E-state index in [-0.39, 0.29) is 6.09 Å². The van der Waals surface area contributed by atoms with E-state index in [1.54, 1.807) is 18.0 Å². The summed E-state index contributed by atoms with van der Waals surface area (Å²) in [5.41, 5.74) is 8.53. The van der Waals surface area contributed by atoms with Gasteiger partial charge in [-0.05, 0) is 19.1 Å². The molecule has 2 aromatic heterocycles. The number of amides is 1. The first kappa shape index (κ1) is 18.7. The average molecular weight is 393 g/mol. The minimum absolute atomic E-state index is 0.284. The van der Waals surface area contributed by atoms with Crippen LogP contribution >= 0.6 is 0 Å². The van der Waals surface area contributed by atoms with Gasteiger partial charge in [-0.25, -0.2) is 14.8 Å². The number of carbonyl (C=O) groups is 1. The Hall–Kier alpha value is -3.62. The number of para-hydroxylation sites is 1. The number of nitrogens with two attached hydrogens (primary N) is 1. The molecular formula is C20H23N7O2. The SMILES string of the molecule is CCOC(=O)N1CCN(c2ncnc(Nc3cccc4cccnc34)c2N)CC1. The van der Waals surface area contributed by atoms with Crippen LogP contribution in [0.15, 0.2) is 42.9 Å². The van der Waals surface area contributed by atoms with Crippen LogP contribution in [0.3, 0.4) is 0 Å². The van der Waals surface area contributed by atoms with Crippen LogP contribution in [0, 0.1) is 0 Å². The lowest BCUT2D eigenvalue weighted by Crippen LogP contribution is -2.49. The molecule has 9 nitrogen and oxygen atoms in total. The number of aromatic nitrogens is 3. The monoisotopic (exact) mass is 393 g/mol. The molecular weight excluding hydrogens is 370 g/mol. The Labute approximate surface area is 168 Å². The first-order valence-corrected chi connectivity index (χ1v) is 9.55. The van der Waals surface area contributed by atoms with E-state index in [0.717, 1.165) is 16.6 Å². The van der Waals surface area contributed by atoms with E-state index in [0.29, 0.717) is 50.1 Å². The molecule has 0 saturated carbocycles. The number of nitrogens with zero attached hydrogens (tertiary/aromatic N) is 5. The Morgan fingerprint density at radius 2 is 1.93 bits per heavy atom. The van der Waals surface area contributed by atoms with Crippen molar-refractivity contribution in [3.05, 3.63) is 42.9 Å². The third kappa shape index (κ3) is 3.84. The summed E-state index contributed by atoms with van der Waals surface area (Å²) >= 11 is 0. The summed E-state index contributed by atoms with van der Waals surface area (Å²) in [4.78, 5) is 28.8. The number of pyridine rings is 1. The zero-order valence-electron chi connectivity index (χ0n) is 16.2. The summed E-state index contributed by atoms with van der Waals surface area (Å²) in [5, 5.41) is 4.32. The molecule has 0 unspecified atom stereocenters. The van der Waals surface area contributed by atoms with Crippen LogP contribution in [0.2, 0.25) is 0 Å². The molecule has 1 amide bonds. The third-order valence-electron chi connectivity index (χ3n) is 4.85. The van der Waals surface area contributed by atoms with E-state index in [4.69, 9.17) is 10.5 Å². The molecule has 150 valence electrons. The van der Waals surface area contributed by atoms with Crippen LogP contribution < -0.4 is 16.0 Å². The summed E-state index contributed by atoms with van der Waals surface area (Å²) in [5.74, 6) is 1.18. The van der Waals surface area contributed by atoms with E-state index in [2.05, 4.69) is 25.2 Å². The second-order valence-corrected chi connectivity index (χ2v) is 6.64. The van der Waals surface area contributed by atoms with Crippen molar-refractivity contribution in [3.8, 4) is 0 Å². The molecule has 0 radical (unpaired) electrons. The molecule has 3 N–H and O–H groups in total. The fourth-order valence-corrected chi connectivity index (χ4v) is 3.39. The van der Waals surface area contributed by atoms with Gasteiger partial charge in [-0.15, -0.1) is 0 Å². The van der Waals surface area contributed by atoms with Gasteiger partial charge < -0.3 is 25.6 Å². The van der Waals surface area contributed by atoms with Gasteiger partial charge in [0, 0.05) is 37.8 Å². The largest absolute Gasteiger partial charge is 0.450 e. The van der Waals surface area contributed by atoms with E-state index in [1.165, 1.54) is 6.33 Å². The summed E-state index contributed by atoms with van der Waals surface area (Å²) in [7, 11) is 0. The molecule has 9 heteroatoms. The van der Waals surface area contributed by atoms with Crippen LogP contribution in [0.5, 0.6) is 0 Å². The predicted octanol–water partition coefficient (Wildman–Crippen LogP) is 2.63. The molecule has 1 aliphatic rings. The minimum atomic E-state index is -0.284. The topological polar surface area (TPSA) is 110 Å². The lowest BCUT2D eigenvalue weighted by molar-refractivity contribution is 0.105. The van der Waals surface area contributed by atoms with Gasteiger partial charge in [-0.1, -0.05) is 18.2 Å². The van der Waals surface area contributed by atoms with Crippen LogP contribution in [-0.4, -0.2) is 58.7 Å². The number of hydrogen-bond acceptors (Lipinski definition) is 8. The molecule has 29 heavy (non-hydrogen) atoms. The van der Waals surface area contributed by atoms with E-state index >= 15 is 0 Å². The average Bonchev–Trinajstić information content (AvgIpc) is 2.76. The standard InChI is InChI=1S/C20H23N7O2/c1-2-29-20(28)27-11-9-26(10-12-27)19-16(21)18(23-13-24-19)25-15-7-3-5-14-6-4-8-22-17(14)15/h3-8,13H,2,9-12,21H2,1H3,(H,23,24,25). The fraction of sp³-hybridized carbons (Fsp3) is 0.300. The number of hydrogen-bond donors (Lipinski definition) is 2. The third-order valence-corrected chi connectivity index (χ3v) is 4.85. The van der Waals surface area contributed by atoms with E-state index in [9.17, 15) is 4.79 Å². The Kier molecular flexibility index (Phi) is 5.28. The van der Waals surface area contributed by atoms with Gasteiger partial charge >= 0.3 is 6.09 Å². The fourth-order valence-electron chi connectivity index (χ4n) is 3.39. The molecule has 0 aliphatic carbocycles. The quantitative estimate of drug-likeness (QED) is 0.696.